The van der Waals surface area contributed by atoms with Crippen molar-refractivity contribution in [3.05, 3.63) is 65.7 Å². The quantitative estimate of drug-likeness (QED) is 0.607. The van der Waals surface area contributed by atoms with Gasteiger partial charge < -0.3 is 24.4 Å². The lowest BCUT2D eigenvalue weighted by Crippen LogP contribution is -2.60. The van der Waals surface area contributed by atoms with Crippen LogP contribution in [0.25, 0.3) is 0 Å². The summed E-state index contributed by atoms with van der Waals surface area (Å²) in [6.07, 6.45) is 0.812. The van der Waals surface area contributed by atoms with Crippen molar-refractivity contribution in [2.24, 2.45) is 0 Å². The topological polar surface area (TPSA) is 97.4 Å². The van der Waals surface area contributed by atoms with E-state index in [1.807, 2.05) is 6.07 Å². The largest absolute Gasteiger partial charge is 0.497 e. The number of piperidine rings is 1. The van der Waals surface area contributed by atoms with E-state index in [2.05, 4.69) is 5.32 Å². The number of benzene rings is 2. The van der Waals surface area contributed by atoms with Gasteiger partial charge in [0.25, 0.3) is 11.8 Å². The number of likely N-dealkylation sites (tertiary alicyclic amines) is 1. The fourth-order valence-corrected chi connectivity index (χ4v) is 4.68. The molecule has 186 valence electrons. The molecule has 1 N–H and O–H groups in total. The summed E-state index contributed by atoms with van der Waals surface area (Å²) in [5.74, 6) is -0.0300. The molecule has 2 saturated heterocycles. The van der Waals surface area contributed by atoms with Gasteiger partial charge >= 0.3 is 0 Å². The van der Waals surface area contributed by atoms with Gasteiger partial charge in [-0.05, 0) is 30.3 Å². The molecule has 9 heteroatoms. The Balaban J connectivity index is 1.53. The van der Waals surface area contributed by atoms with Crippen LogP contribution >= 0.6 is 0 Å². The van der Waals surface area contributed by atoms with Gasteiger partial charge in [-0.15, -0.1) is 0 Å². The van der Waals surface area contributed by atoms with Crippen molar-refractivity contribution in [3.63, 3.8) is 0 Å². The monoisotopic (exact) mass is 481 g/mol. The number of hydrogen-bond acceptors (Lipinski definition) is 6. The summed E-state index contributed by atoms with van der Waals surface area (Å²) in [7, 11) is 3.12. The van der Waals surface area contributed by atoms with Crippen molar-refractivity contribution in [1.82, 2.24) is 15.1 Å². The van der Waals surface area contributed by atoms with E-state index in [4.69, 9.17) is 14.2 Å². The maximum Gasteiger partial charge on any atom is 0.256 e. The van der Waals surface area contributed by atoms with Crippen LogP contribution < -0.4 is 10.1 Å². The molecule has 1 spiro atoms. The third-order valence-electron chi connectivity index (χ3n) is 6.56. The third-order valence-corrected chi connectivity index (χ3v) is 6.56. The highest BCUT2D eigenvalue weighted by Gasteiger charge is 2.54. The normalized spacial score (nSPS) is 19.0. The van der Waals surface area contributed by atoms with Gasteiger partial charge in [0.2, 0.25) is 5.91 Å². The Kier molecular flexibility index (Phi) is 7.67. The molecule has 0 radical (unpaired) electrons. The zero-order valence-electron chi connectivity index (χ0n) is 20.1. The molecule has 0 saturated carbocycles. The smallest absolute Gasteiger partial charge is 0.256 e. The van der Waals surface area contributed by atoms with Crippen molar-refractivity contribution in [2.45, 2.75) is 24.6 Å². The second-order valence-corrected chi connectivity index (χ2v) is 8.62. The van der Waals surface area contributed by atoms with E-state index in [-0.39, 0.29) is 24.3 Å². The Bertz CT molecular complexity index is 1050. The number of nitrogens with one attached hydrogen (secondary N) is 1. The van der Waals surface area contributed by atoms with E-state index in [0.29, 0.717) is 56.0 Å². The summed E-state index contributed by atoms with van der Waals surface area (Å²) in [4.78, 5) is 43.0. The maximum absolute atomic E-state index is 13.6. The number of methoxy groups -OCH3 is 2. The summed E-state index contributed by atoms with van der Waals surface area (Å²) in [6, 6.07) is 15.2. The lowest BCUT2D eigenvalue weighted by Gasteiger charge is -2.44. The Morgan fingerprint density at radius 2 is 1.71 bits per heavy atom. The van der Waals surface area contributed by atoms with Gasteiger partial charge in [-0.1, -0.05) is 24.3 Å². The van der Waals surface area contributed by atoms with Crippen LogP contribution in [0.5, 0.6) is 5.75 Å². The predicted molar refractivity (Wildman–Crippen MR) is 128 cm³/mol. The number of hydrogen-bond donors (Lipinski definition) is 1. The molecule has 2 aliphatic heterocycles. The predicted octanol–water partition coefficient (Wildman–Crippen LogP) is 1.93. The fraction of sp³-hybridized carbons (Fsp3) is 0.423. The van der Waals surface area contributed by atoms with E-state index < -0.39 is 11.8 Å². The van der Waals surface area contributed by atoms with Crippen LogP contribution in [0.2, 0.25) is 0 Å². The van der Waals surface area contributed by atoms with Gasteiger partial charge in [0.05, 0.1) is 20.3 Å². The van der Waals surface area contributed by atoms with Crippen molar-refractivity contribution in [2.75, 3.05) is 47.1 Å². The molecule has 1 atom stereocenters. The third kappa shape index (κ3) is 5.16. The summed E-state index contributed by atoms with van der Waals surface area (Å²) < 4.78 is 16.5. The minimum Gasteiger partial charge on any atom is -0.497 e. The molecule has 0 bridgehead atoms. The summed E-state index contributed by atoms with van der Waals surface area (Å²) >= 11 is 0. The van der Waals surface area contributed by atoms with Gasteiger partial charge in [-0.3, -0.25) is 19.3 Å². The van der Waals surface area contributed by atoms with Crippen molar-refractivity contribution in [1.29, 1.82) is 0 Å². The first kappa shape index (κ1) is 24.7. The Morgan fingerprint density at radius 1 is 1.00 bits per heavy atom. The molecule has 4 rings (SSSR count). The number of ether oxygens (including phenoxy) is 3. The SMILES string of the molecule is COCCNC(=O)C1COC2(CCN(C(=O)c3cccc(OC)c3)CC2)N1C(=O)c1ccccc1. The minimum absolute atomic E-state index is 0.0984. The lowest BCUT2D eigenvalue weighted by atomic mass is 9.96. The zero-order valence-corrected chi connectivity index (χ0v) is 20.1. The van der Waals surface area contributed by atoms with Crippen LogP contribution in [-0.2, 0) is 14.3 Å². The second kappa shape index (κ2) is 10.9. The Hall–Kier alpha value is -3.43. The molecule has 9 nitrogen and oxygen atoms in total. The van der Waals surface area contributed by atoms with Gasteiger partial charge in [0, 0.05) is 50.7 Å². The number of carbonyl (C=O) groups is 3. The molecule has 2 heterocycles. The van der Waals surface area contributed by atoms with Gasteiger partial charge in [-0.2, -0.15) is 0 Å². The van der Waals surface area contributed by atoms with Crippen molar-refractivity contribution in [3.8, 4) is 5.75 Å². The molecule has 2 aromatic rings. The molecule has 3 amide bonds. The minimum atomic E-state index is -0.957. The van der Waals surface area contributed by atoms with E-state index in [0.717, 1.165) is 0 Å². The molecular weight excluding hydrogens is 450 g/mol. The lowest BCUT2D eigenvalue weighted by molar-refractivity contribution is -0.128. The van der Waals surface area contributed by atoms with Crippen molar-refractivity contribution < 1.29 is 28.6 Å². The number of nitrogens with zero attached hydrogens (tertiary/aromatic N) is 2. The van der Waals surface area contributed by atoms with Gasteiger partial charge in [-0.25, -0.2) is 0 Å². The molecule has 0 aliphatic carbocycles. The zero-order chi connectivity index (χ0) is 24.8. The van der Waals surface area contributed by atoms with Gasteiger partial charge in [0.15, 0.2) is 0 Å². The molecular formula is C26H31N3O6. The fourth-order valence-electron chi connectivity index (χ4n) is 4.68. The van der Waals surface area contributed by atoms with E-state index in [1.165, 1.54) is 0 Å². The maximum atomic E-state index is 13.6. The molecule has 0 aromatic heterocycles. The molecule has 2 aliphatic rings. The van der Waals surface area contributed by atoms with E-state index in [1.54, 1.807) is 72.6 Å². The highest BCUT2D eigenvalue weighted by Crippen LogP contribution is 2.39. The second-order valence-electron chi connectivity index (χ2n) is 8.62. The number of carbonyl (C=O) groups excluding carboxylic acids is 3. The first-order valence-corrected chi connectivity index (χ1v) is 11.7. The summed E-state index contributed by atoms with van der Waals surface area (Å²) in [6.45, 7) is 1.61. The van der Waals surface area contributed by atoms with Crippen LogP contribution in [0.15, 0.2) is 54.6 Å². The highest BCUT2D eigenvalue weighted by atomic mass is 16.5. The molecule has 1 unspecified atom stereocenters. The van der Waals surface area contributed by atoms with Crippen LogP contribution in [-0.4, -0.2) is 86.4 Å². The standard InChI is InChI=1S/C26H31N3O6/c1-33-16-13-27-23(30)22-18-35-26(29(22)25(32)19-7-4-3-5-8-19)11-14-28(15-12-26)24(31)20-9-6-10-21(17-20)34-2/h3-10,17,22H,11-16,18H2,1-2H3,(H,27,30). The van der Waals surface area contributed by atoms with Crippen LogP contribution in [0.1, 0.15) is 33.6 Å². The summed E-state index contributed by atoms with van der Waals surface area (Å²) in [5.41, 5.74) is 0.0728. The van der Waals surface area contributed by atoms with E-state index >= 15 is 0 Å². The van der Waals surface area contributed by atoms with Crippen molar-refractivity contribution >= 4 is 17.7 Å². The summed E-state index contributed by atoms with van der Waals surface area (Å²) in [5, 5.41) is 2.83. The first-order valence-electron chi connectivity index (χ1n) is 11.7. The molecule has 35 heavy (non-hydrogen) atoms. The Labute approximate surface area is 204 Å². The van der Waals surface area contributed by atoms with E-state index in [9.17, 15) is 14.4 Å². The van der Waals surface area contributed by atoms with Crippen LogP contribution in [0.3, 0.4) is 0 Å². The first-order chi connectivity index (χ1) is 17.0. The van der Waals surface area contributed by atoms with Gasteiger partial charge in [0.1, 0.15) is 17.5 Å². The molecule has 2 fully saturated rings. The average molecular weight is 482 g/mol. The average Bonchev–Trinajstić information content (AvgIpc) is 3.27. The Morgan fingerprint density at radius 3 is 2.40 bits per heavy atom. The number of amides is 3. The molecule has 2 aromatic carbocycles. The van der Waals surface area contributed by atoms with Crippen LogP contribution in [0.4, 0.5) is 0 Å². The van der Waals surface area contributed by atoms with Crippen LogP contribution in [0, 0.1) is 0 Å². The number of rotatable bonds is 7. The highest BCUT2D eigenvalue weighted by molar-refractivity contribution is 5.98.